The van der Waals surface area contributed by atoms with Crippen LogP contribution in [0.2, 0.25) is 0 Å². The number of para-hydroxylation sites is 2. The molecule has 0 saturated heterocycles. The van der Waals surface area contributed by atoms with E-state index in [1.54, 1.807) is 7.11 Å². The summed E-state index contributed by atoms with van der Waals surface area (Å²) in [5.41, 5.74) is 1.95. The highest BCUT2D eigenvalue weighted by molar-refractivity contribution is 9.10. The van der Waals surface area contributed by atoms with Gasteiger partial charge in [0.2, 0.25) is 0 Å². The molecule has 0 spiro atoms. The van der Waals surface area contributed by atoms with Gasteiger partial charge in [-0.2, -0.15) is 0 Å². The number of nitrogens with zero attached hydrogens (tertiary/aromatic N) is 1. The summed E-state index contributed by atoms with van der Waals surface area (Å²) in [4.78, 5) is 15.5. The minimum atomic E-state index is -0.0974. The zero-order valence-electron chi connectivity index (χ0n) is 15.3. The molecule has 5 nitrogen and oxygen atoms in total. The third kappa shape index (κ3) is 3.86. The van der Waals surface area contributed by atoms with Gasteiger partial charge in [0.05, 0.1) is 29.2 Å². The van der Waals surface area contributed by atoms with Crippen molar-refractivity contribution in [1.29, 1.82) is 0 Å². The SMILES string of the molecule is COc1ccc(Br)cc1CNC(=O)c1ccc(N2CCOc3ccccc32)s1. The summed E-state index contributed by atoms with van der Waals surface area (Å²) in [5, 5.41) is 4.01. The summed E-state index contributed by atoms with van der Waals surface area (Å²) in [5.74, 6) is 1.52. The molecule has 0 radical (unpaired) electrons. The number of rotatable bonds is 5. The van der Waals surface area contributed by atoms with Crippen molar-refractivity contribution in [3.05, 3.63) is 69.5 Å². The van der Waals surface area contributed by atoms with Crippen LogP contribution in [-0.2, 0) is 6.54 Å². The Kier molecular flexibility index (Phi) is 5.54. The molecule has 2 aromatic carbocycles. The van der Waals surface area contributed by atoms with E-state index in [2.05, 4.69) is 26.1 Å². The van der Waals surface area contributed by atoms with Crippen molar-refractivity contribution >= 4 is 43.9 Å². The Morgan fingerprint density at radius 2 is 2.11 bits per heavy atom. The highest BCUT2D eigenvalue weighted by atomic mass is 79.9. The van der Waals surface area contributed by atoms with Crippen LogP contribution in [-0.4, -0.2) is 26.2 Å². The number of nitrogens with one attached hydrogen (secondary N) is 1. The molecule has 7 heteroatoms. The molecule has 0 bridgehead atoms. The number of hydrogen-bond donors (Lipinski definition) is 1. The normalized spacial score (nSPS) is 12.9. The molecule has 1 aliphatic heterocycles. The van der Waals surface area contributed by atoms with Crippen LogP contribution in [0.4, 0.5) is 10.7 Å². The molecule has 3 aromatic rings. The number of halogens is 1. The van der Waals surface area contributed by atoms with Gasteiger partial charge in [0, 0.05) is 16.6 Å². The number of carbonyl (C=O) groups excluding carboxylic acids is 1. The molecular formula is C21H19BrN2O3S. The molecule has 144 valence electrons. The Morgan fingerprint density at radius 3 is 2.96 bits per heavy atom. The van der Waals surface area contributed by atoms with E-state index in [-0.39, 0.29) is 5.91 Å². The first-order valence-electron chi connectivity index (χ1n) is 8.85. The van der Waals surface area contributed by atoms with E-state index in [9.17, 15) is 4.79 Å². The molecule has 0 aliphatic carbocycles. The molecule has 2 heterocycles. The second-order valence-corrected chi connectivity index (χ2v) is 8.22. The number of fused-ring (bicyclic) bond motifs is 1. The fraction of sp³-hybridized carbons (Fsp3) is 0.190. The van der Waals surface area contributed by atoms with Crippen LogP contribution in [0, 0.1) is 0 Å². The smallest absolute Gasteiger partial charge is 0.261 e. The molecule has 1 aliphatic rings. The summed E-state index contributed by atoms with van der Waals surface area (Å²) in [6, 6.07) is 17.6. The van der Waals surface area contributed by atoms with Gasteiger partial charge in [-0.05, 0) is 42.5 Å². The Balaban J connectivity index is 1.48. The quantitative estimate of drug-likeness (QED) is 0.585. The largest absolute Gasteiger partial charge is 0.496 e. The van der Waals surface area contributed by atoms with Crippen LogP contribution in [0.3, 0.4) is 0 Å². The highest BCUT2D eigenvalue weighted by Crippen LogP contribution is 2.39. The predicted molar refractivity (Wildman–Crippen MR) is 115 cm³/mol. The van der Waals surface area contributed by atoms with Gasteiger partial charge in [0.1, 0.15) is 18.1 Å². The molecule has 0 saturated carbocycles. The van der Waals surface area contributed by atoms with Crippen molar-refractivity contribution in [2.45, 2.75) is 6.54 Å². The van der Waals surface area contributed by atoms with Crippen molar-refractivity contribution in [2.75, 3.05) is 25.2 Å². The number of carbonyl (C=O) groups is 1. The standard InChI is InChI=1S/C21H19BrN2O3S/c1-26-17-7-6-15(22)12-14(17)13-23-21(25)19-8-9-20(28-19)24-10-11-27-18-5-3-2-4-16(18)24/h2-9,12H,10-11,13H2,1H3,(H,23,25). The first-order chi connectivity index (χ1) is 13.7. The van der Waals surface area contributed by atoms with Gasteiger partial charge in [0.25, 0.3) is 5.91 Å². The van der Waals surface area contributed by atoms with Gasteiger partial charge in [-0.15, -0.1) is 11.3 Å². The van der Waals surface area contributed by atoms with Crippen LogP contribution < -0.4 is 19.7 Å². The molecule has 1 N–H and O–H groups in total. The molecule has 28 heavy (non-hydrogen) atoms. The first kappa shape index (κ1) is 18.8. The molecular weight excluding hydrogens is 440 g/mol. The van der Waals surface area contributed by atoms with Crippen molar-refractivity contribution in [3.8, 4) is 11.5 Å². The van der Waals surface area contributed by atoms with Gasteiger partial charge < -0.3 is 19.7 Å². The third-order valence-corrected chi connectivity index (χ3v) is 6.09. The molecule has 0 atom stereocenters. The van der Waals surface area contributed by atoms with Crippen LogP contribution in [0.5, 0.6) is 11.5 Å². The number of benzene rings is 2. The molecule has 1 aromatic heterocycles. The van der Waals surface area contributed by atoms with Crippen molar-refractivity contribution in [1.82, 2.24) is 5.32 Å². The lowest BCUT2D eigenvalue weighted by atomic mass is 10.2. The summed E-state index contributed by atoms with van der Waals surface area (Å²) in [6.07, 6.45) is 0. The van der Waals surface area contributed by atoms with Gasteiger partial charge in [-0.3, -0.25) is 4.79 Å². The Morgan fingerprint density at radius 1 is 1.25 bits per heavy atom. The number of amides is 1. The molecule has 4 rings (SSSR count). The maximum atomic E-state index is 12.6. The van der Waals surface area contributed by atoms with Gasteiger partial charge in [-0.1, -0.05) is 28.1 Å². The van der Waals surface area contributed by atoms with E-state index in [1.165, 1.54) is 11.3 Å². The fourth-order valence-corrected chi connectivity index (χ4v) is 4.51. The number of ether oxygens (including phenoxy) is 2. The monoisotopic (exact) mass is 458 g/mol. The average molecular weight is 459 g/mol. The van der Waals surface area contributed by atoms with E-state index in [0.29, 0.717) is 18.0 Å². The zero-order valence-corrected chi connectivity index (χ0v) is 17.7. The lowest BCUT2D eigenvalue weighted by Gasteiger charge is -2.29. The zero-order chi connectivity index (χ0) is 19.5. The summed E-state index contributed by atoms with van der Waals surface area (Å²) in [6.45, 7) is 1.78. The van der Waals surface area contributed by atoms with Gasteiger partial charge in [0.15, 0.2) is 0 Å². The number of methoxy groups -OCH3 is 1. The highest BCUT2D eigenvalue weighted by Gasteiger charge is 2.21. The second-order valence-electron chi connectivity index (χ2n) is 6.24. The molecule has 1 amide bonds. The van der Waals surface area contributed by atoms with Gasteiger partial charge in [-0.25, -0.2) is 0 Å². The van der Waals surface area contributed by atoms with Crippen LogP contribution >= 0.6 is 27.3 Å². The van der Waals surface area contributed by atoms with E-state index in [0.717, 1.165) is 38.8 Å². The maximum Gasteiger partial charge on any atom is 0.261 e. The maximum absolute atomic E-state index is 12.6. The number of hydrogen-bond acceptors (Lipinski definition) is 5. The minimum absolute atomic E-state index is 0.0974. The summed E-state index contributed by atoms with van der Waals surface area (Å²) < 4.78 is 12.0. The average Bonchev–Trinajstić information content (AvgIpc) is 3.22. The number of anilines is 2. The molecule has 0 unspecified atom stereocenters. The Labute approximate surface area is 176 Å². The van der Waals surface area contributed by atoms with E-state index in [1.807, 2.05) is 54.6 Å². The molecule has 0 fully saturated rings. The summed E-state index contributed by atoms with van der Waals surface area (Å²) >= 11 is 4.93. The Bertz CT molecular complexity index is 1000. The first-order valence-corrected chi connectivity index (χ1v) is 10.5. The third-order valence-electron chi connectivity index (χ3n) is 4.49. The van der Waals surface area contributed by atoms with E-state index < -0.39 is 0 Å². The van der Waals surface area contributed by atoms with E-state index in [4.69, 9.17) is 9.47 Å². The van der Waals surface area contributed by atoms with Crippen LogP contribution in [0.15, 0.2) is 59.1 Å². The van der Waals surface area contributed by atoms with Crippen LogP contribution in [0.1, 0.15) is 15.2 Å². The van der Waals surface area contributed by atoms with Crippen molar-refractivity contribution in [3.63, 3.8) is 0 Å². The Hall–Kier alpha value is -2.51. The van der Waals surface area contributed by atoms with Crippen molar-refractivity contribution in [2.24, 2.45) is 0 Å². The van der Waals surface area contributed by atoms with Crippen LogP contribution in [0.25, 0.3) is 0 Å². The van der Waals surface area contributed by atoms with Crippen molar-refractivity contribution < 1.29 is 14.3 Å². The predicted octanol–water partition coefficient (Wildman–Crippen LogP) is 4.98. The van der Waals surface area contributed by atoms with E-state index >= 15 is 0 Å². The number of thiophene rings is 1. The lowest BCUT2D eigenvalue weighted by Crippen LogP contribution is -2.27. The second kappa shape index (κ2) is 8.24. The minimum Gasteiger partial charge on any atom is -0.496 e. The lowest BCUT2D eigenvalue weighted by molar-refractivity contribution is 0.0954. The van der Waals surface area contributed by atoms with Gasteiger partial charge >= 0.3 is 0 Å². The fourth-order valence-electron chi connectivity index (χ4n) is 3.14. The topological polar surface area (TPSA) is 50.8 Å². The summed E-state index contributed by atoms with van der Waals surface area (Å²) in [7, 11) is 1.63.